The van der Waals surface area contributed by atoms with Gasteiger partial charge in [-0.15, -0.1) is 0 Å². The highest BCUT2D eigenvalue weighted by Gasteiger charge is 2.17. The van der Waals surface area contributed by atoms with E-state index in [2.05, 4.69) is 15.6 Å². The number of para-hydroxylation sites is 1. The third-order valence-electron chi connectivity index (χ3n) is 4.71. The molecule has 0 aliphatic rings. The highest BCUT2D eigenvalue weighted by Crippen LogP contribution is 2.30. The molecule has 32 heavy (non-hydrogen) atoms. The van der Waals surface area contributed by atoms with Gasteiger partial charge in [0, 0.05) is 33.8 Å². The molecule has 166 valence electrons. The number of guanidine groups is 1. The predicted octanol–water partition coefficient (Wildman–Crippen LogP) is 4.18. The van der Waals surface area contributed by atoms with E-state index < -0.39 is 0 Å². The molecule has 0 bridgehead atoms. The fourth-order valence-corrected chi connectivity index (χ4v) is 3.33. The van der Waals surface area contributed by atoms with Crippen LogP contribution in [-0.2, 0) is 9.53 Å². The molecule has 1 heterocycles. The topological polar surface area (TPSA) is 130 Å². The van der Waals surface area contributed by atoms with Crippen molar-refractivity contribution < 1.29 is 14.3 Å². The van der Waals surface area contributed by atoms with Gasteiger partial charge in [0.15, 0.2) is 11.7 Å². The fourth-order valence-electron chi connectivity index (χ4n) is 3.12. The van der Waals surface area contributed by atoms with Gasteiger partial charge in [0.05, 0.1) is 11.6 Å². The molecule has 0 unspecified atom stereocenters. The van der Waals surface area contributed by atoms with Gasteiger partial charge in [-0.05, 0) is 24.6 Å². The van der Waals surface area contributed by atoms with E-state index >= 15 is 0 Å². The van der Waals surface area contributed by atoms with Crippen LogP contribution in [0.1, 0.15) is 35.7 Å². The maximum atomic E-state index is 13.3. The Kier molecular flexibility index (Phi) is 7.62. The van der Waals surface area contributed by atoms with Gasteiger partial charge < -0.3 is 21.1 Å². The summed E-state index contributed by atoms with van der Waals surface area (Å²) in [6.45, 7) is 2.35. The van der Waals surface area contributed by atoms with Crippen LogP contribution in [0.25, 0.3) is 10.8 Å². The standard InChI is InChI=1S/C23H24ClN5O3/c1-2-3-10-32-20(30)13-27-19-7-5-4-6-16(19)21(31)14-8-9-15-17(11-14)22(29-23(25)26)28-12-18(15)24/h4-9,11-12,27H,2-3,10,13H2,1H3,(H4,25,26,28,29). The van der Waals surface area contributed by atoms with Crippen LogP contribution in [0.4, 0.5) is 11.5 Å². The van der Waals surface area contributed by atoms with Gasteiger partial charge in [-0.2, -0.15) is 0 Å². The smallest absolute Gasteiger partial charge is 0.325 e. The first-order chi connectivity index (χ1) is 15.4. The first kappa shape index (κ1) is 23.0. The summed E-state index contributed by atoms with van der Waals surface area (Å²) in [5.74, 6) is -0.582. The molecule has 0 fully saturated rings. The highest BCUT2D eigenvalue weighted by molar-refractivity contribution is 6.36. The zero-order valence-corrected chi connectivity index (χ0v) is 18.3. The Balaban J connectivity index is 1.87. The number of carbonyl (C=O) groups excluding carboxylic acids is 2. The number of ketones is 1. The summed E-state index contributed by atoms with van der Waals surface area (Å²) in [4.78, 5) is 29.4. The number of aromatic nitrogens is 1. The molecule has 8 nitrogen and oxygen atoms in total. The molecule has 0 radical (unpaired) electrons. The first-order valence-corrected chi connectivity index (χ1v) is 10.5. The van der Waals surface area contributed by atoms with Gasteiger partial charge in [-0.1, -0.05) is 49.2 Å². The lowest BCUT2D eigenvalue weighted by molar-refractivity contribution is -0.141. The minimum Gasteiger partial charge on any atom is -0.464 e. The molecule has 0 atom stereocenters. The molecule has 5 N–H and O–H groups in total. The third-order valence-corrected chi connectivity index (χ3v) is 5.01. The molecule has 0 spiro atoms. The molecule has 0 saturated carbocycles. The molecular formula is C23H24ClN5O3. The monoisotopic (exact) mass is 453 g/mol. The Morgan fingerprint density at radius 1 is 1.19 bits per heavy atom. The van der Waals surface area contributed by atoms with E-state index in [0.717, 1.165) is 12.8 Å². The van der Waals surface area contributed by atoms with Crippen LogP contribution in [-0.4, -0.2) is 35.8 Å². The molecule has 1 aromatic heterocycles. The number of fused-ring (bicyclic) bond motifs is 1. The number of nitrogens with two attached hydrogens (primary N) is 1. The van der Waals surface area contributed by atoms with Crippen LogP contribution in [0.15, 0.2) is 48.7 Å². The van der Waals surface area contributed by atoms with Crippen molar-refractivity contribution in [1.82, 2.24) is 4.98 Å². The second-order valence-electron chi connectivity index (χ2n) is 7.06. The number of nitrogens with zero attached hydrogens (tertiary/aromatic N) is 1. The predicted molar refractivity (Wildman–Crippen MR) is 127 cm³/mol. The number of rotatable bonds is 9. The largest absolute Gasteiger partial charge is 0.464 e. The Bertz CT molecular complexity index is 1170. The van der Waals surface area contributed by atoms with Gasteiger partial charge in [0.1, 0.15) is 12.4 Å². The third kappa shape index (κ3) is 5.53. The Morgan fingerprint density at radius 2 is 1.97 bits per heavy atom. The van der Waals surface area contributed by atoms with Crippen molar-refractivity contribution in [2.45, 2.75) is 19.8 Å². The molecular weight excluding hydrogens is 430 g/mol. The van der Waals surface area contributed by atoms with Gasteiger partial charge >= 0.3 is 5.97 Å². The van der Waals surface area contributed by atoms with Crippen LogP contribution < -0.4 is 16.4 Å². The number of benzene rings is 2. The van der Waals surface area contributed by atoms with Crippen molar-refractivity contribution in [3.8, 4) is 0 Å². The van der Waals surface area contributed by atoms with Crippen molar-refractivity contribution in [2.75, 3.05) is 23.8 Å². The van der Waals surface area contributed by atoms with Crippen molar-refractivity contribution in [3.05, 3.63) is 64.8 Å². The van der Waals surface area contributed by atoms with Crippen LogP contribution >= 0.6 is 11.6 Å². The van der Waals surface area contributed by atoms with Gasteiger partial charge in [-0.3, -0.25) is 15.0 Å². The number of hydrogen-bond donors (Lipinski definition) is 4. The Hall–Kier alpha value is -3.65. The minimum absolute atomic E-state index is 0.0437. The van der Waals surface area contributed by atoms with E-state index in [0.29, 0.717) is 45.0 Å². The van der Waals surface area contributed by atoms with Crippen LogP contribution in [0.2, 0.25) is 5.02 Å². The summed E-state index contributed by atoms with van der Waals surface area (Å²) in [5, 5.41) is 14.8. The molecule has 9 heteroatoms. The van der Waals surface area contributed by atoms with Gasteiger partial charge in [0.2, 0.25) is 0 Å². The van der Waals surface area contributed by atoms with E-state index in [9.17, 15) is 9.59 Å². The average Bonchev–Trinajstić information content (AvgIpc) is 2.79. The first-order valence-electron chi connectivity index (χ1n) is 10.1. The molecule has 0 amide bonds. The molecule has 3 aromatic rings. The van der Waals surface area contributed by atoms with Crippen molar-refractivity contribution in [3.63, 3.8) is 0 Å². The Morgan fingerprint density at radius 3 is 2.72 bits per heavy atom. The van der Waals surface area contributed by atoms with Crippen LogP contribution in [0.5, 0.6) is 0 Å². The summed E-state index contributed by atoms with van der Waals surface area (Å²) in [7, 11) is 0. The van der Waals surface area contributed by atoms with E-state index in [1.807, 2.05) is 6.92 Å². The lowest BCUT2D eigenvalue weighted by Crippen LogP contribution is -2.21. The second-order valence-corrected chi connectivity index (χ2v) is 7.46. The Labute approximate surface area is 190 Å². The minimum atomic E-state index is -0.382. The number of pyridine rings is 1. The van der Waals surface area contributed by atoms with Crippen molar-refractivity contribution >= 4 is 51.6 Å². The van der Waals surface area contributed by atoms with Crippen LogP contribution in [0.3, 0.4) is 0 Å². The molecule has 3 rings (SSSR count). The summed E-state index contributed by atoms with van der Waals surface area (Å²) in [6.07, 6.45) is 3.20. The number of nitrogens with one attached hydrogen (secondary N) is 3. The zero-order valence-electron chi connectivity index (χ0n) is 17.6. The van der Waals surface area contributed by atoms with E-state index in [-0.39, 0.29) is 24.3 Å². The number of halogens is 1. The summed E-state index contributed by atoms with van der Waals surface area (Å²) in [5.41, 5.74) is 6.77. The molecule has 0 saturated heterocycles. The summed E-state index contributed by atoms with van der Waals surface area (Å²) < 4.78 is 5.15. The number of hydrogen-bond acceptors (Lipinski definition) is 6. The molecule has 2 aromatic carbocycles. The number of ether oxygens (including phenoxy) is 1. The lowest BCUT2D eigenvalue weighted by Gasteiger charge is -2.13. The molecule has 0 aliphatic heterocycles. The van der Waals surface area contributed by atoms with E-state index in [4.69, 9.17) is 27.5 Å². The van der Waals surface area contributed by atoms with Gasteiger partial charge in [-0.25, -0.2) is 4.98 Å². The van der Waals surface area contributed by atoms with Crippen molar-refractivity contribution in [2.24, 2.45) is 5.73 Å². The normalized spacial score (nSPS) is 10.6. The average molecular weight is 454 g/mol. The number of esters is 1. The maximum Gasteiger partial charge on any atom is 0.325 e. The van der Waals surface area contributed by atoms with E-state index in [1.54, 1.807) is 42.5 Å². The number of carbonyl (C=O) groups is 2. The van der Waals surface area contributed by atoms with Crippen LogP contribution in [0, 0.1) is 5.41 Å². The second kappa shape index (κ2) is 10.6. The van der Waals surface area contributed by atoms with Gasteiger partial charge in [0.25, 0.3) is 0 Å². The highest BCUT2D eigenvalue weighted by atomic mass is 35.5. The fraction of sp³-hybridized carbons (Fsp3) is 0.217. The lowest BCUT2D eigenvalue weighted by atomic mass is 9.99. The SMILES string of the molecule is CCCCOC(=O)CNc1ccccc1C(=O)c1ccc2c(Cl)cnc(NC(=N)N)c2c1. The number of unbranched alkanes of at least 4 members (excludes halogenated alkanes) is 1. The maximum absolute atomic E-state index is 13.3. The molecule has 0 aliphatic carbocycles. The summed E-state index contributed by atoms with van der Waals surface area (Å²) >= 11 is 6.24. The van der Waals surface area contributed by atoms with E-state index in [1.165, 1.54) is 6.20 Å². The summed E-state index contributed by atoms with van der Waals surface area (Å²) in [6, 6.07) is 12.0. The quantitative estimate of drug-likeness (QED) is 0.126. The van der Waals surface area contributed by atoms with Crippen molar-refractivity contribution in [1.29, 1.82) is 5.41 Å². The zero-order chi connectivity index (χ0) is 23.1. The number of anilines is 2.